The molecule has 0 aliphatic carbocycles. The Morgan fingerprint density at radius 2 is 1.76 bits per heavy atom. The highest BCUT2D eigenvalue weighted by molar-refractivity contribution is 5.91. The van der Waals surface area contributed by atoms with Crippen molar-refractivity contribution < 1.29 is 9.53 Å². The minimum Gasteiger partial charge on any atom is -0.492 e. The highest BCUT2D eigenvalue weighted by Gasteiger charge is 2.32. The lowest BCUT2D eigenvalue weighted by Gasteiger charge is -2.37. The summed E-state index contributed by atoms with van der Waals surface area (Å²) in [5.74, 6) is 0.704. The summed E-state index contributed by atoms with van der Waals surface area (Å²) in [7, 11) is 0. The zero-order chi connectivity index (χ0) is 20.1. The third-order valence-electron chi connectivity index (χ3n) is 5.56. The number of urea groups is 1. The number of hydrogen-bond donors (Lipinski definition) is 3. The van der Waals surface area contributed by atoms with Gasteiger partial charge in [0.15, 0.2) is 0 Å². The van der Waals surface area contributed by atoms with Crippen LogP contribution in [0.2, 0.25) is 0 Å². The van der Waals surface area contributed by atoms with Gasteiger partial charge in [0, 0.05) is 32.2 Å². The number of hydrogen-bond acceptors (Lipinski definition) is 5. The van der Waals surface area contributed by atoms with E-state index in [1.807, 2.05) is 42.2 Å². The van der Waals surface area contributed by atoms with E-state index in [9.17, 15) is 4.79 Å². The van der Waals surface area contributed by atoms with Crippen LogP contribution in [0.5, 0.6) is 5.75 Å². The summed E-state index contributed by atoms with van der Waals surface area (Å²) < 4.78 is 5.60. The third kappa shape index (κ3) is 4.70. The van der Waals surface area contributed by atoms with E-state index in [4.69, 9.17) is 4.74 Å². The SMILES string of the molecule is CCOc1ccccc1NC(=O)N1CCN(C2CC(c3ccccc3)NN2)CC1. The Morgan fingerprint density at radius 1 is 1.03 bits per heavy atom. The molecule has 2 heterocycles. The van der Waals surface area contributed by atoms with Crippen LogP contribution < -0.4 is 20.9 Å². The maximum atomic E-state index is 12.7. The van der Waals surface area contributed by atoms with E-state index in [0.29, 0.717) is 37.2 Å². The normalized spacial score (nSPS) is 22.4. The number of rotatable bonds is 5. The van der Waals surface area contributed by atoms with Crippen LogP contribution in [-0.4, -0.2) is 54.8 Å². The number of benzene rings is 2. The Hall–Kier alpha value is -2.61. The Balaban J connectivity index is 1.28. The van der Waals surface area contributed by atoms with Crippen LogP contribution in [-0.2, 0) is 0 Å². The first kappa shape index (κ1) is 19.7. The van der Waals surface area contributed by atoms with Crippen molar-refractivity contribution in [3.05, 3.63) is 60.2 Å². The van der Waals surface area contributed by atoms with Crippen molar-refractivity contribution in [1.82, 2.24) is 20.7 Å². The van der Waals surface area contributed by atoms with Crippen molar-refractivity contribution in [3.8, 4) is 5.75 Å². The number of hydrazine groups is 1. The number of amides is 2. The van der Waals surface area contributed by atoms with Crippen molar-refractivity contribution in [2.75, 3.05) is 38.1 Å². The zero-order valence-electron chi connectivity index (χ0n) is 16.8. The largest absolute Gasteiger partial charge is 0.492 e. The molecule has 2 fully saturated rings. The predicted octanol–water partition coefficient (Wildman–Crippen LogP) is 2.80. The predicted molar refractivity (Wildman–Crippen MR) is 114 cm³/mol. The molecular formula is C22H29N5O2. The Labute approximate surface area is 172 Å². The van der Waals surface area contributed by atoms with Gasteiger partial charge in [0.2, 0.25) is 0 Å². The van der Waals surface area contributed by atoms with E-state index in [0.717, 1.165) is 19.5 Å². The Morgan fingerprint density at radius 3 is 2.52 bits per heavy atom. The number of carbonyl (C=O) groups is 1. The summed E-state index contributed by atoms with van der Waals surface area (Å²) in [6, 6.07) is 18.3. The summed E-state index contributed by atoms with van der Waals surface area (Å²) in [6.07, 6.45) is 1.29. The molecule has 0 spiro atoms. The first-order valence-corrected chi connectivity index (χ1v) is 10.3. The number of anilines is 1. The molecule has 2 atom stereocenters. The van der Waals surface area contributed by atoms with Crippen LogP contribution in [0.3, 0.4) is 0 Å². The summed E-state index contributed by atoms with van der Waals surface area (Å²) >= 11 is 0. The maximum absolute atomic E-state index is 12.7. The van der Waals surface area contributed by atoms with Gasteiger partial charge in [-0.05, 0) is 31.0 Å². The molecule has 4 rings (SSSR count). The molecule has 2 saturated heterocycles. The summed E-state index contributed by atoms with van der Waals surface area (Å²) in [4.78, 5) is 17.0. The van der Waals surface area contributed by atoms with Gasteiger partial charge in [-0.1, -0.05) is 42.5 Å². The Kier molecular flexibility index (Phi) is 6.29. The van der Waals surface area contributed by atoms with Crippen LogP contribution in [0, 0.1) is 0 Å². The van der Waals surface area contributed by atoms with Crippen LogP contribution >= 0.6 is 0 Å². The quantitative estimate of drug-likeness (QED) is 0.726. The lowest BCUT2D eigenvalue weighted by molar-refractivity contribution is 0.103. The van der Waals surface area contributed by atoms with E-state index in [1.54, 1.807) is 0 Å². The van der Waals surface area contributed by atoms with Gasteiger partial charge in [-0.25, -0.2) is 15.6 Å². The second-order valence-electron chi connectivity index (χ2n) is 7.39. The third-order valence-corrected chi connectivity index (χ3v) is 5.56. The molecule has 7 nitrogen and oxygen atoms in total. The molecule has 0 radical (unpaired) electrons. The van der Waals surface area contributed by atoms with Crippen LogP contribution in [0.1, 0.15) is 24.9 Å². The van der Waals surface area contributed by atoms with Gasteiger partial charge in [0.05, 0.1) is 18.5 Å². The number of nitrogens with one attached hydrogen (secondary N) is 3. The molecule has 0 bridgehead atoms. The average Bonchev–Trinajstić information content (AvgIpc) is 3.26. The highest BCUT2D eigenvalue weighted by atomic mass is 16.5. The van der Waals surface area contributed by atoms with E-state index in [1.165, 1.54) is 5.56 Å². The van der Waals surface area contributed by atoms with Gasteiger partial charge in [-0.2, -0.15) is 0 Å². The minimum atomic E-state index is -0.0727. The Bertz CT molecular complexity index is 808. The fourth-order valence-electron chi connectivity index (χ4n) is 3.97. The summed E-state index contributed by atoms with van der Waals surface area (Å²) in [5, 5.41) is 2.99. The van der Waals surface area contributed by atoms with Crippen LogP contribution in [0.15, 0.2) is 54.6 Å². The second-order valence-corrected chi connectivity index (χ2v) is 7.39. The number of nitrogens with zero attached hydrogens (tertiary/aromatic N) is 2. The molecule has 2 aliphatic heterocycles. The molecule has 2 unspecified atom stereocenters. The molecular weight excluding hydrogens is 366 g/mol. The lowest BCUT2D eigenvalue weighted by atomic mass is 10.0. The fraction of sp³-hybridized carbons (Fsp3) is 0.409. The summed E-state index contributed by atoms with van der Waals surface area (Å²) in [6.45, 7) is 5.61. The first-order chi connectivity index (χ1) is 14.2. The van der Waals surface area contributed by atoms with Gasteiger partial charge in [-0.3, -0.25) is 4.90 Å². The van der Waals surface area contributed by atoms with Gasteiger partial charge >= 0.3 is 6.03 Å². The number of ether oxygens (including phenoxy) is 1. The molecule has 29 heavy (non-hydrogen) atoms. The van der Waals surface area contributed by atoms with Crippen molar-refractivity contribution >= 4 is 11.7 Å². The van der Waals surface area contributed by atoms with E-state index >= 15 is 0 Å². The molecule has 0 saturated carbocycles. The van der Waals surface area contributed by atoms with Gasteiger partial charge in [-0.15, -0.1) is 0 Å². The lowest BCUT2D eigenvalue weighted by Crippen LogP contribution is -2.55. The number of carbonyl (C=O) groups excluding carboxylic acids is 1. The fourth-order valence-corrected chi connectivity index (χ4v) is 3.97. The standard InChI is InChI=1S/C22H29N5O2/c1-2-29-20-11-7-6-10-18(20)23-22(28)27-14-12-26(13-15-27)21-16-19(24-25-21)17-8-4-3-5-9-17/h3-11,19,21,24-25H,2,12-16H2,1H3,(H,23,28). The van der Waals surface area contributed by atoms with Crippen LogP contribution in [0.4, 0.5) is 10.5 Å². The zero-order valence-corrected chi connectivity index (χ0v) is 16.8. The molecule has 2 amide bonds. The number of para-hydroxylation sites is 2. The average molecular weight is 396 g/mol. The van der Waals surface area contributed by atoms with Gasteiger partial charge in [0.25, 0.3) is 0 Å². The van der Waals surface area contributed by atoms with Crippen molar-refractivity contribution in [2.45, 2.75) is 25.6 Å². The molecule has 2 aromatic carbocycles. The molecule has 154 valence electrons. The minimum absolute atomic E-state index is 0.0727. The molecule has 2 aliphatic rings. The molecule has 7 heteroatoms. The molecule has 3 N–H and O–H groups in total. The van der Waals surface area contributed by atoms with Gasteiger partial charge < -0.3 is 15.0 Å². The monoisotopic (exact) mass is 395 g/mol. The number of piperazine rings is 1. The highest BCUT2D eigenvalue weighted by Crippen LogP contribution is 2.26. The maximum Gasteiger partial charge on any atom is 0.322 e. The van der Waals surface area contributed by atoms with Crippen molar-refractivity contribution in [3.63, 3.8) is 0 Å². The van der Waals surface area contributed by atoms with Crippen molar-refractivity contribution in [1.29, 1.82) is 0 Å². The summed E-state index contributed by atoms with van der Waals surface area (Å²) in [5.41, 5.74) is 8.84. The molecule has 0 aromatic heterocycles. The first-order valence-electron chi connectivity index (χ1n) is 10.3. The second kappa shape index (κ2) is 9.26. The smallest absolute Gasteiger partial charge is 0.322 e. The van der Waals surface area contributed by atoms with E-state index in [2.05, 4.69) is 45.3 Å². The topological polar surface area (TPSA) is 68.9 Å². The van der Waals surface area contributed by atoms with E-state index < -0.39 is 0 Å². The molecule has 2 aromatic rings. The van der Waals surface area contributed by atoms with Crippen LogP contribution in [0.25, 0.3) is 0 Å². The van der Waals surface area contributed by atoms with E-state index in [-0.39, 0.29) is 12.2 Å². The van der Waals surface area contributed by atoms with Crippen molar-refractivity contribution in [2.24, 2.45) is 0 Å². The van der Waals surface area contributed by atoms with Gasteiger partial charge in [0.1, 0.15) is 5.75 Å².